The first-order valence-corrected chi connectivity index (χ1v) is 8.93. The predicted octanol–water partition coefficient (Wildman–Crippen LogP) is 3.33. The molecule has 0 amide bonds. The lowest BCUT2D eigenvalue weighted by molar-refractivity contribution is 0.333. The van der Waals surface area contributed by atoms with Crippen LogP contribution in [0.2, 0.25) is 0 Å². The molecule has 0 radical (unpaired) electrons. The molecule has 20 heavy (non-hydrogen) atoms. The average Bonchev–Trinajstić information content (AvgIpc) is 2.30. The number of benzene rings is 1. The summed E-state index contributed by atoms with van der Waals surface area (Å²) in [5, 5.41) is 0. The third-order valence-corrected chi connectivity index (χ3v) is 5.11. The zero-order valence-corrected chi connectivity index (χ0v) is 14.8. The van der Waals surface area contributed by atoms with Crippen LogP contribution in [0.5, 0.6) is 0 Å². The van der Waals surface area contributed by atoms with E-state index < -0.39 is 10.0 Å². The first-order valence-electron chi connectivity index (χ1n) is 6.69. The molecule has 0 fully saturated rings. The van der Waals surface area contributed by atoms with Crippen molar-refractivity contribution in [1.29, 1.82) is 0 Å². The van der Waals surface area contributed by atoms with Gasteiger partial charge < -0.3 is 5.73 Å². The summed E-state index contributed by atoms with van der Waals surface area (Å²) in [6.07, 6.45) is 0. The second-order valence-corrected chi connectivity index (χ2v) is 8.61. The van der Waals surface area contributed by atoms with E-state index in [1.807, 2.05) is 27.7 Å². The molecule has 0 aliphatic rings. The summed E-state index contributed by atoms with van der Waals surface area (Å²) in [6, 6.07) is 4.92. The molecule has 0 saturated carbocycles. The van der Waals surface area contributed by atoms with Gasteiger partial charge in [-0.05, 0) is 30.0 Å². The second-order valence-electron chi connectivity index (χ2n) is 5.79. The molecule has 0 aromatic heterocycles. The summed E-state index contributed by atoms with van der Waals surface area (Å²) >= 11 is 3.30. The molecule has 1 rings (SSSR count). The smallest absolute Gasteiger partial charge is 0.245 e. The molecule has 0 aliphatic heterocycles. The van der Waals surface area contributed by atoms with Crippen molar-refractivity contribution in [2.75, 3.05) is 18.8 Å². The van der Waals surface area contributed by atoms with Gasteiger partial charge in [0.05, 0.1) is 5.69 Å². The normalized spacial score (nSPS) is 12.6. The number of nitrogen functional groups attached to an aromatic ring is 1. The van der Waals surface area contributed by atoms with Crippen LogP contribution in [0, 0.1) is 11.8 Å². The summed E-state index contributed by atoms with van der Waals surface area (Å²) in [5.41, 5.74) is 6.13. The van der Waals surface area contributed by atoms with Crippen molar-refractivity contribution in [1.82, 2.24) is 4.31 Å². The van der Waals surface area contributed by atoms with E-state index in [-0.39, 0.29) is 22.4 Å². The van der Waals surface area contributed by atoms with Gasteiger partial charge in [-0.15, -0.1) is 0 Å². The molecule has 1 aromatic rings. The van der Waals surface area contributed by atoms with Crippen molar-refractivity contribution in [2.24, 2.45) is 11.8 Å². The largest absolute Gasteiger partial charge is 0.398 e. The monoisotopic (exact) mass is 362 g/mol. The molecule has 0 saturated heterocycles. The Balaban J connectivity index is 3.24. The molecule has 0 bridgehead atoms. The van der Waals surface area contributed by atoms with Crippen LogP contribution >= 0.6 is 15.9 Å². The highest BCUT2D eigenvalue weighted by molar-refractivity contribution is 9.10. The van der Waals surface area contributed by atoms with E-state index in [0.717, 1.165) is 0 Å². The van der Waals surface area contributed by atoms with E-state index >= 15 is 0 Å². The number of sulfonamides is 1. The summed E-state index contributed by atoms with van der Waals surface area (Å²) in [7, 11) is -3.57. The Morgan fingerprint density at radius 2 is 1.65 bits per heavy atom. The third kappa shape index (κ3) is 4.46. The molecule has 0 heterocycles. The fourth-order valence-electron chi connectivity index (χ4n) is 1.96. The Morgan fingerprint density at radius 1 is 1.15 bits per heavy atom. The van der Waals surface area contributed by atoms with Crippen molar-refractivity contribution >= 4 is 31.6 Å². The highest BCUT2D eigenvalue weighted by Gasteiger charge is 2.27. The molecule has 4 nitrogen and oxygen atoms in total. The van der Waals surface area contributed by atoms with Gasteiger partial charge >= 0.3 is 0 Å². The van der Waals surface area contributed by atoms with Gasteiger partial charge in [-0.3, -0.25) is 0 Å². The molecule has 2 N–H and O–H groups in total. The minimum Gasteiger partial charge on any atom is -0.398 e. The van der Waals surface area contributed by atoms with Crippen LogP contribution in [0.4, 0.5) is 5.69 Å². The zero-order chi connectivity index (χ0) is 15.5. The second kappa shape index (κ2) is 6.91. The van der Waals surface area contributed by atoms with E-state index in [1.165, 1.54) is 4.31 Å². The van der Waals surface area contributed by atoms with E-state index in [4.69, 9.17) is 5.73 Å². The topological polar surface area (TPSA) is 63.4 Å². The number of hydrogen-bond acceptors (Lipinski definition) is 3. The Kier molecular flexibility index (Phi) is 6.04. The Bertz CT molecular complexity index is 546. The molecule has 0 aliphatic carbocycles. The number of rotatable bonds is 6. The highest BCUT2D eigenvalue weighted by atomic mass is 79.9. The lowest BCUT2D eigenvalue weighted by Crippen LogP contribution is -2.37. The molecular formula is C14H23BrN2O2S. The van der Waals surface area contributed by atoms with Crippen molar-refractivity contribution in [2.45, 2.75) is 32.6 Å². The first-order chi connectivity index (χ1) is 9.14. The van der Waals surface area contributed by atoms with Gasteiger partial charge in [-0.2, -0.15) is 4.31 Å². The average molecular weight is 363 g/mol. The maximum absolute atomic E-state index is 12.8. The van der Waals surface area contributed by atoms with Gasteiger partial charge in [0.15, 0.2) is 0 Å². The van der Waals surface area contributed by atoms with Gasteiger partial charge in [0.25, 0.3) is 0 Å². The summed E-state index contributed by atoms with van der Waals surface area (Å²) < 4.78 is 27.8. The van der Waals surface area contributed by atoms with Crippen LogP contribution in [-0.4, -0.2) is 25.8 Å². The third-order valence-electron chi connectivity index (χ3n) is 2.73. The molecule has 6 heteroatoms. The number of nitrogens with zero attached hydrogens (tertiary/aromatic N) is 1. The molecule has 0 unspecified atom stereocenters. The van der Waals surface area contributed by atoms with Gasteiger partial charge in [0, 0.05) is 17.6 Å². The number of nitrogens with two attached hydrogens (primary N) is 1. The quantitative estimate of drug-likeness (QED) is 0.789. The first kappa shape index (κ1) is 17.5. The van der Waals surface area contributed by atoms with Crippen LogP contribution in [-0.2, 0) is 10.0 Å². The van der Waals surface area contributed by atoms with Gasteiger partial charge in [0.1, 0.15) is 4.90 Å². The predicted molar refractivity (Wildman–Crippen MR) is 87.0 cm³/mol. The molecule has 0 spiro atoms. The highest BCUT2D eigenvalue weighted by Crippen LogP contribution is 2.27. The molecule has 114 valence electrons. The van der Waals surface area contributed by atoms with Crippen LogP contribution in [0.3, 0.4) is 0 Å². The minimum absolute atomic E-state index is 0.174. The maximum atomic E-state index is 12.8. The standard InChI is InChI=1S/C14H23BrN2O2S/c1-10(2)8-17(9-11(3)4)20(18,19)14-7-12(15)5-6-13(14)16/h5-7,10-11H,8-9,16H2,1-4H3. The number of hydrogen-bond donors (Lipinski definition) is 1. The summed E-state index contributed by atoms with van der Waals surface area (Å²) in [6.45, 7) is 9.01. The lowest BCUT2D eigenvalue weighted by atomic mass is 10.2. The number of halogens is 1. The fraction of sp³-hybridized carbons (Fsp3) is 0.571. The lowest BCUT2D eigenvalue weighted by Gasteiger charge is -2.26. The number of anilines is 1. The Morgan fingerprint density at radius 3 is 2.10 bits per heavy atom. The van der Waals surface area contributed by atoms with Crippen LogP contribution < -0.4 is 5.73 Å². The van der Waals surface area contributed by atoms with Crippen LogP contribution in [0.25, 0.3) is 0 Å². The van der Waals surface area contributed by atoms with Crippen LogP contribution in [0.15, 0.2) is 27.6 Å². The maximum Gasteiger partial charge on any atom is 0.245 e. The van der Waals surface area contributed by atoms with Crippen molar-refractivity contribution in [3.05, 3.63) is 22.7 Å². The molecule has 1 aromatic carbocycles. The zero-order valence-electron chi connectivity index (χ0n) is 12.4. The van der Waals surface area contributed by atoms with Gasteiger partial charge in [0.2, 0.25) is 10.0 Å². The van der Waals surface area contributed by atoms with E-state index in [0.29, 0.717) is 17.6 Å². The molecular weight excluding hydrogens is 340 g/mol. The Labute approximate surface area is 130 Å². The minimum atomic E-state index is -3.57. The molecule has 0 atom stereocenters. The fourth-order valence-corrected chi connectivity index (χ4v) is 4.38. The van der Waals surface area contributed by atoms with E-state index in [2.05, 4.69) is 15.9 Å². The van der Waals surface area contributed by atoms with E-state index in [1.54, 1.807) is 18.2 Å². The van der Waals surface area contributed by atoms with E-state index in [9.17, 15) is 8.42 Å². The van der Waals surface area contributed by atoms with Gasteiger partial charge in [-0.25, -0.2) is 8.42 Å². The van der Waals surface area contributed by atoms with Crippen LogP contribution in [0.1, 0.15) is 27.7 Å². The Hall–Kier alpha value is -0.590. The van der Waals surface area contributed by atoms with Crippen molar-refractivity contribution in [3.8, 4) is 0 Å². The van der Waals surface area contributed by atoms with Gasteiger partial charge in [-0.1, -0.05) is 43.6 Å². The summed E-state index contributed by atoms with van der Waals surface area (Å²) in [5.74, 6) is 0.522. The summed E-state index contributed by atoms with van der Waals surface area (Å²) in [4.78, 5) is 0.174. The van der Waals surface area contributed by atoms with Crippen molar-refractivity contribution < 1.29 is 8.42 Å². The SMILES string of the molecule is CC(C)CN(CC(C)C)S(=O)(=O)c1cc(Br)ccc1N. The van der Waals surface area contributed by atoms with Crippen molar-refractivity contribution in [3.63, 3.8) is 0 Å².